The molecule has 1 aliphatic rings. The van der Waals surface area contributed by atoms with Crippen LogP contribution in [0.2, 0.25) is 0 Å². The monoisotopic (exact) mass is 235 g/mol. The van der Waals surface area contributed by atoms with Crippen molar-refractivity contribution < 1.29 is 0 Å². The van der Waals surface area contributed by atoms with Gasteiger partial charge in [-0.05, 0) is 44.7 Å². The summed E-state index contributed by atoms with van der Waals surface area (Å²) in [5.41, 5.74) is 1.26. The number of nitrogens with zero attached hydrogens (tertiary/aromatic N) is 2. The summed E-state index contributed by atoms with van der Waals surface area (Å²) in [5, 5.41) is 5.37. The predicted molar refractivity (Wildman–Crippen MR) is 66.9 cm³/mol. The largest absolute Gasteiger partial charge is 0.319 e. The van der Waals surface area contributed by atoms with E-state index in [0.717, 1.165) is 29.8 Å². The lowest BCUT2D eigenvalue weighted by Crippen LogP contribution is -2.35. The topological polar surface area (TPSA) is 29.3 Å². The van der Waals surface area contributed by atoms with Crippen LogP contribution in [0.25, 0.3) is 4.96 Å². The fraction of sp³-hybridized carbons (Fsp3) is 0.583. The van der Waals surface area contributed by atoms with Crippen molar-refractivity contribution in [3.8, 4) is 0 Å². The highest BCUT2D eigenvalue weighted by Gasteiger charge is 2.30. The van der Waals surface area contributed by atoms with E-state index in [1.807, 2.05) is 7.05 Å². The highest BCUT2D eigenvalue weighted by atomic mass is 32.1. The van der Waals surface area contributed by atoms with Gasteiger partial charge in [-0.1, -0.05) is 0 Å². The van der Waals surface area contributed by atoms with Gasteiger partial charge in [-0.25, -0.2) is 4.98 Å². The smallest absolute Gasteiger partial charge is 0.193 e. The Morgan fingerprint density at radius 1 is 1.50 bits per heavy atom. The SMILES string of the molecule is CNCC1CCC1Cc1cn2ccsc2n1. The first-order valence-electron chi connectivity index (χ1n) is 5.92. The number of hydrogen-bond donors (Lipinski definition) is 1. The molecule has 0 radical (unpaired) electrons. The molecular weight excluding hydrogens is 218 g/mol. The molecule has 1 fully saturated rings. The average Bonchev–Trinajstić information content (AvgIpc) is 2.81. The molecule has 1 saturated carbocycles. The quantitative estimate of drug-likeness (QED) is 0.880. The van der Waals surface area contributed by atoms with Crippen molar-refractivity contribution in [2.24, 2.45) is 11.8 Å². The maximum absolute atomic E-state index is 4.65. The molecular formula is C12H17N3S. The Bertz CT molecular complexity index is 445. The van der Waals surface area contributed by atoms with Gasteiger partial charge in [-0.3, -0.25) is 4.40 Å². The van der Waals surface area contributed by atoms with Gasteiger partial charge in [-0.2, -0.15) is 0 Å². The summed E-state index contributed by atoms with van der Waals surface area (Å²) in [6.45, 7) is 1.16. The van der Waals surface area contributed by atoms with E-state index in [1.54, 1.807) is 11.3 Å². The molecule has 3 rings (SSSR count). The van der Waals surface area contributed by atoms with Crippen LogP contribution >= 0.6 is 11.3 Å². The molecule has 2 aromatic heterocycles. The highest BCUT2D eigenvalue weighted by Crippen LogP contribution is 2.36. The van der Waals surface area contributed by atoms with Crippen LogP contribution in [-0.2, 0) is 6.42 Å². The highest BCUT2D eigenvalue weighted by molar-refractivity contribution is 7.15. The van der Waals surface area contributed by atoms with Crippen LogP contribution in [0.4, 0.5) is 0 Å². The molecule has 0 aliphatic heterocycles. The van der Waals surface area contributed by atoms with E-state index in [9.17, 15) is 0 Å². The van der Waals surface area contributed by atoms with Crippen LogP contribution in [0, 0.1) is 11.8 Å². The van der Waals surface area contributed by atoms with Crippen molar-refractivity contribution in [3.63, 3.8) is 0 Å². The molecule has 86 valence electrons. The van der Waals surface area contributed by atoms with E-state index < -0.39 is 0 Å². The fourth-order valence-corrected chi connectivity index (χ4v) is 3.30. The van der Waals surface area contributed by atoms with Gasteiger partial charge in [-0.15, -0.1) is 11.3 Å². The maximum atomic E-state index is 4.65. The number of rotatable bonds is 4. The van der Waals surface area contributed by atoms with Crippen LogP contribution < -0.4 is 5.32 Å². The first kappa shape index (κ1) is 10.3. The zero-order valence-electron chi connectivity index (χ0n) is 9.52. The molecule has 2 heterocycles. The molecule has 16 heavy (non-hydrogen) atoms. The Hall–Kier alpha value is -0.870. The maximum Gasteiger partial charge on any atom is 0.193 e. The molecule has 2 unspecified atom stereocenters. The van der Waals surface area contributed by atoms with E-state index in [1.165, 1.54) is 18.5 Å². The zero-order valence-corrected chi connectivity index (χ0v) is 10.3. The molecule has 1 aliphatic carbocycles. The summed E-state index contributed by atoms with van der Waals surface area (Å²) in [6, 6.07) is 0. The normalized spacial score (nSPS) is 24.8. The Morgan fingerprint density at radius 3 is 3.06 bits per heavy atom. The summed E-state index contributed by atoms with van der Waals surface area (Å²) in [5.74, 6) is 1.71. The van der Waals surface area contributed by atoms with Gasteiger partial charge >= 0.3 is 0 Å². The third kappa shape index (κ3) is 1.76. The molecule has 0 amide bonds. The minimum atomic E-state index is 0.844. The van der Waals surface area contributed by atoms with Gasteiger partial charge in [0.25, 0.3) is 0 Å². The van der Waals surface area contributed by atoms with Crippen molar-refractivity contribution in [1.82, 2.24) is 14.7 Å². The van der Waals surface area contributed by atoms with Gasteiger partial charge in [0, 0.05) is 17.8 Å². The third-order valence-electron chi connectivity index (χ3n) is 3.66. The predicted octanol–water partition coefficient (Wildman–Crippen LogP) is 2.18. The van der Waals surface area contributed by atoms with Crippen molar-refractivity contribution in [3.05, 3.63) is 23.5 Å². The first-order chi connectivity index (χ1) is 7.86. The lowest BCUT2D eigenvalue weighted by atomic mass is 9.71. The third-order valence-corrected chi connectivity index (χ3v) is 4.43. The Morgan fingerprint density at radius 2 is 2.38 bits per heavy atom. The molecule has 2 atom stereocenters. The second-order valence-electron chi connectivity index (χ2n) is 4.68. The summed E-state index contributed by atoms with van der Waals surface area (Å²) < 4.78 is 2.13. The minimum Gasteiger partial charge on any atom is -0.319 e. The van der Waals surface area contributed by atoms with Crippen molar-refractivity contribution in [2.45, 2.75) is 19.3 Å². The molecule has 0 bridgehead atoms. The summed E-state index contributed by atoms with van der Waals surface area (Å²) >= 11 is 1.71. The first-order valence-corrected chi connectivity index (χ1v) is 6.80. The second kappa shape index (κ2) is 4.18. The number of nitrogens with one attached hydrogen (secondary N) is 1. The van der Waals surface area contributed by atoms with Crippen molar-refractivity contribution in [1.29, 1.82) is 0 Å². The number of aromatic nitrogens is 2. The molecule has 1 N–H and O–H groups in total. The average molecular weight is 235 g/mol. The molecule has 0 spiro atoms. The number of fused-ring (bicyclic) bond motifs is 1. The van der Waals surface area contributed by atoms with Gasteiger partial charge in [0.05, 0.1) is 5.69 Å². The Balaban J connectivity index is 1.68. The van der Waals surface area contributed by atoms with E-state index in [2.05, 4.69) is 32.5 Å². The standard InChI is InChI=1S/C12H17N3S/c1-13-7-10-3-2-9(10)6-11-8-15-4-5-16-12(15)14-11/h4-5,8-10,13H,2-3,6-7H2,1H3. The molecule has 2 aromatic rings. The van der Waals surface area contributed by atoms with E-state index in [4.69, 9.17) is 0 Å². The molecule has 0 aromatic carbocycles. The van der Waals surface area contributed by atoms with E-state index in [-0.39, 0.29) is 0 Å². The van der Waals surface area contributed by atoms with Gasteiger partial charge in [0.1, 0.15) is 0 Å². The molecule has 4 heteroatoms. The summed E-state index contributed by atoms with van der Waals surface area (Å²) in [4.78, 5) is 5.77. The van der Waals surface area contributed by atoms with Gasteiger partial charge in [0.2, 0.25) is 0 Å². The van der Waals surface area contributed by atoms with Crippen LogP contribution in [-0.4, -0.2) is 23.0 Å². The summed E-state index contributed by atoms with van der Waals surface area (Å²) in [6.07, 6.45) is 8.18. The number of hydrogen-bond acceptors (Lipinski definition) is 3. The Kier molecular flexibility index (Phi) is 2.69. The van der Waals surface area contributed by atoms with Crippen LogP contribution in [0.15, 0.2) is 17.8 Å². The molecule has 3 nitrogen and oxygen atoms in total. The number of thiazole rings is 1. The zero-order chi connectivity index (χ0) is 11.0. The van der Waals surface area contributed by atoms with Gasteiger partial charge < -0.3 is 5.32 Å². The Labute approximate surface area is 99.5 Å². The second-order valence-corrected chi connectivity index (χ2v) is 5.56. The fourth-order valence-electron chi connectivity index (χ4n) is 2.58. The van der Waals surface area contributed by atoms with Crippen LogP contribution in [0.3, 0.4) is 0 Å². The van der Waals surface area contributed by atoms with E-state index >= 15 is 0 Å². The summed E-state index contributed by atoms with van der Waals surface area (Å²) in [7, 11) is 2.04. The number of imidazole rings is 1. The van der Waals surface area contributed by atoms with Crippen molar-refractivity contribution >= 4 is 16.3 Å². The van der Waals surface area contributed by atoms with Crippen LogP contribution in [0.5, 0.6) is 0 Å². The lowest BCUT2D eigenvalue weighted by molar-refractivity contribution is 0.173. The van der Waals surface area contributed by atoms with Crippen molar-refractivity contribution in [2.75, 3.05) is 13.6 Å². The molecule has 0 saturated heterocycles. The van der Waals surface area contributed by atoms with Gasteiger partial charge in [0.15, 0.2) is 4.96 Å². The van der Waals surface area contributed by atoms with Crippen LogP contribution in [0.1, 0.15) is 18.5 Å². The van der Waals surface area contributed by atoms with E-state index in [0.29, 0.717) is 0 Å². The lowest BCUT2D eigenvalue weighted by Gasteiger charge is -2.36. The minimum absolute atomic E-state index is 0.844.